The summed E-state index contributed by atoms with van der Waals surface area (Å²) in [6, 6.07) is 9.16. The third-order valence-electron chi connectivity index (χ3n) is 5.98. The topological polar surface area (TPSA) is 54.4 Å². The standard InChI is InChI=1S/C22H22F3N5O/c1-14-13-31-12-11-29(14)21-27-19-16(6-4-9-26-19)20(28-21)30-10-8-18(30)15-5-2-3-7-17(15)22(23,24)25/h2-7,9,14,18H,8,10-13H2,1H3/t14-,18?/m1/s1. The van der Waals surface area contributed by atoms with Gasteiger partial charge >= 0.3 is 6.18 Å². The number of morpholine rings is 1. The van der Waals surface area contributed by atoms with Crippen molar-refractivity contribution in [3.63, 3.8) is 0 Å². The molecule has 4 heterocycles. The molecule has 0 saturated carbocycles. The van der Waals surface area contributed by atoms with Crippen LogP contribution in [0.4, 0.5) is 24.9 Å². The molecule has 2 atom stereocenters. The molecule has 5 rings (SSSR count). The molecule has 0 spiro atoms. The molecule has 9 heteroatoms. The molecule has 0 amide bonds. The van der Waals surface area contributed by atoms with Crippen molar-refractivity contribution >= 4 is 22.8 Å². The lowest BCUT2D eigenvalue weighted by molar-refractivity contribution is -0.138. The quantitative estimate of drug-likeness (QED) is 0.622. The molecule has 2 aliphatic heterocycles. The number of pyridine rings is 1. The van der Waals surface area contributed by atoms with Crippen LogP contribution < -0.4 is 9.80 Å². The molecule has 2 aliphatic rings. The summed E-state index contributed by atoms with van der Waals surface area (Å²) in [7, 11) is 0. The summed E-state index contributed by atoms with van der Waals surface area (Å²) in [6.45, 7) is 4.46. The predicted molar refractivity (Wildman–Crippen MR) is 111 cm³/mol. The first kappa shape index (κ1) is 20.0. The van der Waals surface area contributed by atoms with E-state index in [1.54, 1.807) is 24.4 Å². The van der Waals surface area contributed by atoms with E-state index in [1.165, 1.54) is 6.07 Å². The number of aromatic nitrogens is 3. The Labute approximate surface area is 177 Å². The Morgan fingerprint density at radius 1 is 1.03 bits per heavy atom. The van der Waals surface area contributed by atoms with Crippen LogP contribution in [0.3, 0.4) is 0 Å². The van der Waals surface area contributed by atoms with E-state index in [9.17, 15) is 13.2 Å². The van der Waals surface area contributed by atoms with Crippen LogP contribution in [0.1, 0.15) is 30.5 Å². The molecule has 2 fully saturated rings. The Morgan fingerprint density at radius 2 is 1.87 bits per heavy atom. The van der Waals surface area contributed by atoms with Crippen molar-refractivity contribution in [1.29, 1.82) is 0 Å². The van der Waals surface area contributed by atoms with Gasteiger partial charge in [-0.15, -0.1) is 0 Å². The van der Waals surface area contributed by atoms with E-state index in [1.807, 2.05) is 17.9 Å². The van der Waals surface area contributed by atoms with Crippen LogP contribution in [0.5, 0.6) is 0 Å². The van der Waals surface area contributed by atoms with Crippen LogP contribution in [-0.4, -0.2) is 47.3 Å². The Hall–Kier alpha value is -2.94. The maximum Gasteiger partial charge on any atom is 0.416 e. The molecule has 0 N–H and O–H groups in total. The lowest BCUT2D eigenvalue weighted by Gasteiger charge is -2.44. The molecule has 162 valence electrons. The summed E-state index contributed by atoms with van der Waals surface area (Å²) in [5.74, 6) is 1.16. The molecule has 31 heavy (non-hydrogen) atoms. The highest BCUT2D eigenvalue weighted by molar-refractivity contribution is 5.88. The molecule has 2 aromatic heterocycles. The first-order valence-electron chi connectivity index (χ1n) is 10.3. The maximum atomic E-state index is 13.6. The van der Waals surface area contributed by atoms with E-state index in [0.717, 1.165) is 11.5 Å². The summed E-state index contributed by atoms with van der Waals surface area (Å²) < 4.78 is 46.4. The molecule has 0 aliphatic carbocycles. The van der Waals surface area contributed by atoms with Crippen LogP contribution in [0, 0.1) is 0 Å². The van der Waals surface area contributed by atoms with Crippen molar-refractivity contribution in [2.24, 2.45) is 0 Å². The second-order valence-corrected chi connectivity index (χ2v) is 7.92. The molecular formula is C22H22F3N5O. The molecule has 3 aromatic rings. The van der Waals surface area contributed by atoms with Crippen molar-refractivity contribution in [2.45, 2.75) is 31.6 Å². The van der Waals surface area contributed by atoms with Crippen LogP contribution in [-0.2, 0) is 10.9 Å². The molecular weight excluding hydrogens is 407 g/mol. The Balaban J connectivity index is 1.59. The van der Waals surface area contributed by atoms with E-state index in [0.29, 0.717) is 50.1 Å². The summed E-state index contributed by atoms with van der Waals surface area (Å²) >= 11 is 0. The number of benzene rings is 1. The summed E-state index contributed by atoms with van der Waals surface area (Å²) in [4.78, 5) is 17.9. The molecule has 1 aromatic carbocycles. The monoisotopic (exact) mass is 429 g/mol. The van der Waals surface area contributed by atoms with Crippen molar-refractivity contribution in [3.05, 3.63) is 53.7 Å². The number of rotatable bonds is 3. The van der Waals surface area contributed by atoms with E-state index >= 15 is 0 Å². The van der Waals surface area contributed by atoms with Gasteiger partial charge in [0.25, 0.3) is 0 Å². The van der Waals surface area contributed by atoms with Gasteiger partial charge in [0.15, 0.2) is 5.65 Å². The third kappa shape index (κ3) is 3.56. The highest BCUT2D eigenvalue weighted by Crippen LogP contribution is 2.44. The zero-order valence-corrected chi connectivity index (χ0v) is 17.0. The first-order valence-corrected chi connectivity index (χ1v) is 10.3. The largest absolute Gasteiger partial charge is 0.416 e. The van der Waals surface area contributed by atoms with Gasteiger partial charge < -0.3 is 14.5 Å². The summed E-state index contributed by atoms with van der Waals surface area (Å²) in [5.41, 5.74) is 0.220. The summed E-state index contributed by atoms with van der Waals surface area (Å²) in [6.07, 6.45) is -2.11. The lowest BCUT2D eigenvalue weighted by Crippen LogP contribution is -2.46. The average molecular weight is 429 g/mol. The zero-order valence-electron chi connectivity index (χ0n) is 17.0. The molecule has 1 unspecified atom stereocenters. The third-order valence-corrected chi connectivity index (χ3v) is 5.98. The normalized spacial score (nSPS) is 21.9. The molecule has 2 saturated heterocycles. The smallest absolute Gasteiger partial charge is 0.377 e. The Kier molecular flexibility index (Phi) is 4.92. The minimum Gasteiger partial charge on any atom is -0.377 e. The Bertz CT molecular complexity index is 1110. The fourth-order valence-corrected chi connectivity index (χ4v) is 4.32. The number of nitrogens with zero attached hydrogens (tertiary/aromatic N) is 5. The van der Waals surface area contributed by atoms with Gasteiger partial charge in [-0.3, -0.25) is 0 Å². The van der Waals surface area contributed by atoms with E-state index in [4.69, 9.17) is 9.72 Å². The van der Waals surface area contributed by atoms with Gasteiger partial charge in [-0.05, 0) is 37.1 Å². The van der Waals surface area contributed by atoms with E-state index in [2.05, 4.69) is 14.9 Å². The maximum absolute atomic E-state index is 13.6. The van der Waals surface area contributed by atoms with Crippen LogP contribution in [0.2, 0.25) is 0 Å². The van der Waals surface area contributed by atoms with Gasteiger partial charge in [-0.1, -0.05) is 18.2 Å². The van der Waals surface area contributed by atoms with Crippen molar-refractivity contribution in [3.8, 4) is 0 Å². The number of ether oxygens (including phenoxy) is 1. The van der Waals surface area contributed by atoms with Gasteiger partial charge in [0, 0.05) is 19.3 Å². The van der Waals surface area contributed by atoms with Crippen molar-refractivity contribution in [1.82, 2.24) is 15.0 Å². The minimum atomic E-state index is -4.40. The van der Waals surface area contributed by atoms with Crippen LogP contribution in [0.25, 0.3) is 11.0 Å². The fourth-order valence-electron chi connectivity index (χ4n) is 4.32. The van der Waals surface area contributed by atoms with Crippen molar-refractivity contribution < 1.29 is 17.9 Å². The van der Waals surface area contributed by atoms with Gasteiger partial charge in [0.2, 0.25) is 5.95 Å². The van der Waals surface area contributed by atoms with Crippen molar-refractivity contribution in [2.75, 3.05) is 36.1 Å². The number of hydrogen-bond acceptors (Lipinski definition) is 6. The Morgan fingerprint density at radius 3 is 2.61 bits per heavy atom. The van der Waals surface area contributed by atoms with Gasteiger partial charge in [-0.2, -0.15) is 23.1 Å². The predicted octanol–water partition coefficient (Wildman–Crippen LogP) is 4.22. The summed E-state index contributed by atoms with van der Waals surface area (Å²) in [5, 5.41) is 0.737. The minimum absolute atomic E-state index is 0.0981. The highest BCUT2D eigenvalue weighted by Gasteiger charge is 2.40. The second-order valence-electron chi connectivity index (χ2n) is 7.92. The zero-order chi connectivity index (χ0) is 21.6. The molecule has 0 bridgehead atoms. The fraction of sp³-hybridized carbons (Fsp3) is 0.409. The van der Waals surface area contributed by atoms with Crippen LogP contribution in [0.15, 0.2) is 42.6 Å². The van der Waals surface area contributed by atoms with E-state index in [-0.39, 0.29) is 11.6 Å². The van der Waals surface area contributed by atoms with Crippen LogP contribution >= 0.6 is 0 Å². The van der Waals surface area contributed by atoms with E-state index < -0.39 is 17.8 Å². The molecule has 0 radical (unpaired) electrons. The number of hydrogen-bond donors (Lipinski definition) is 0. The first-order chi connectivity index (χ1) is 14.9. The van der Waals surface area contributed by atoms with Gasteiger partial charge in [0.05, 0.1) is 36.2 Å². The SMILES string of the molecule is C[C@@H]1COCCN1c1nc(N2CCC2c2ccccc2C(F)(F)F)c2cccnc2n1. The average Bonchev–Trinajstić information content (AvgIpc) is 2.73. The van der Waals surface area contributed by atoms with Gasteiger partial charge in [-0.25, -0.2) is 4.98 Å². The second kappa shape index (κ2) is 7.64. The van der Waals surface area contributed by atoms with Gasteiger partial charge in [0.1, 0.15) is 5.82 Å². The number of anilines is 2. The highest BCUT2D eigenvalue weighted by atomic mass is 19.4. The number of fused-ring (bicyclic) bond motifs is 1. The number of halogens is 3. The lowest BCUT2D eigenvalue weighted by atomic mass is 9.90. The molecule has 6 nitrogen and oxygen atoms in total. The number of alkyl halides is 3.